The van der Waals surface area contributed by atoms with E-state index in [1.165, 1.54) is 0 Å². The van der Waals surface area contributed by atoms with Gasteiger partial charge in [0.2, 0.25) is 11.8 Å². The number of rotatable bonds is 4. The van der Waals surface area contributed by atoms with Gasteiger partial charge in [0.15, 0.2) is 0 Å². The van der Waals surface area contributed by atoms with Crippen molar-refractivity contribution < 1.29 is 14.3 Å². The van der Waals surface area contributed by atoms with Crippen molar-refractivity contribution in [3.63, 3.8) is 0 Å². The van der Waals surface area contributed by atoms with Gasteiger partial charge in [-0.1, -0.05) is 28.1 Å². The molecule has 0 saturated carbocycles. The maximum Gasteiger partial charge on any atom is 0.240 e. The fraction of sp³-hybridized carbons (Fsp3) is 0.529. The van der Waals surface area contributed by atoms with Gasteiger partial charge in [-0.15, -0.1) is 0 Å². The highest BCUT2D eigenvalue weighted by molar-refractivity contribution is 9.10. The van der Waals surface area contributed by atoms with E-state index in [1.807, 2.05) is 29.2 Å². The lowest BCUT2D eigenvalue weighted by Gasteiger charge is -2.34. The SMILES string of the molecule is O=C(CC1NCCN(Cc2cccc(Br)c2)C1=O)N1CCOCC1. The summed E-state index contributed by atoms with van der Waals surface area (Å²) < 4.78 is 6.27. The number of piperazine rings is 1. The Morgan fingerprint density at radius 3 is 2.83 bits per heavy atom. The standard InChI is InChI=1S/C17H22BrN3O3/c18-14-3-1-2-13(10-14)12-21-5-4-19-15(17(21)23)11-16(22)20-6-8-24-9-7-20/h1-3,10,15,19H,4-9,11-12H2. The second kappa shape index (κ2) is 8.09. The van der Waals surface area contributed by atoms with Crippen LogP contribution in [0.3, 0.4) is 0 Å². The summed E-state index contributed by atoms with van der Waals surface area (Å²) in [5.74, 6) is 0.0243. The van der Waals surface area contributed by atoms with E-state index < -0.39 is 6.04 Å². The molecule has 24 heavy (non-hydrogen) atoms. The molecule has 1 aromatic rings. The molecular weight excluding hydrogens is 374 g/mol. The summed E-state index contributed by atoms with van der Waals surface area (Å²) in [5, 5.41) is 3.19. The Hall–Kier alpha value is -1.44. The molecule has 1 atom stereocenters. The van der Waals surface area contributed by atoms with E-state index in [1.54, 1.807) is 4.90 Å². The van der Waals surface area contributed by atoms with Crippen molar-refractivity contribution in [3.05, 3.63) is 34.3 Å². The van der Waals surface area contributed by atoms with Gasteiger partial charge in [0.05, 0.1) is 25.7 Å². The molecule has 2 fully saturated rings. The number of carbonyl (C=O) groups excluding carboxylic acids is 2. The Labute approximate surface area is 150 Å². The van der Waals surface area contributed by atoms with Crippen molar-refractivity contribution in [2.45, 2.75) is 19.0 Å². The molecule has 7 heteroatoms. The van der Waals surface area contributed by atoms with E-state index in [9.17, 15) is 9.59 Å². The highest BCUT2D eigenvalue weighted by atomic mass is 79.9. The monoisotopic (exact) mass is 395 g/mol. The van der Waals surface area contributed by atoms with Crippen LogP contribution in [-0.4, -0.2) is 67.0 Å². The Kier molecular flexibility index (Phi) is 5.86. The number of nitrogens with zero attached hydrogens (tertiary/aromatic N) is 2. The van der Waals surface area contributed by atoms with Gasteiger partial charge < -0.3 is 19.9 Å². The minimum Gasteiger partial charge on any atom is -0.378 e. The van der Waals surface area contributed by atoms with Gasteiger partial charge in [0.25, 0.3) is 0 Å². The zero-order chi connectivity index (χ0) is 16.9. The first-order chi connectivity index (χ1) is 11.6. The lowest BCUT2D eigenvalue weighted by atomic mass is 10.1. The van der Waals surface area contributed by atoms with E-state index in [0.717, 1.165) is 10.0 Å². The van der Waals surface area contributed by atoms with Crippen LogP contribution in [0, 0.1) is 0 Å². The number of ether oxygens (including phenoxy) is 1. The van der Waals surface area contributed by atoms with Crippen molar-refractivity contribution in [3.8, 4) is 0 Å². The van der Waals surface area contributed by atoms with Gasteiger partial charge >= 0.3 is 0 Å². The van der Waals surface area contributed by atoms with Gasteiger partial charge in [-0.05, 0) is 17.7 Å². The molecule has 0 aliphatic carbocycles. The van der Waals surface area contributed by atoms with Crippen LogP contribution in [-0.2, 0) is 20.9 Å². The predicted molar refractivity (Wildman–Crippen MR) is 93.4 cm³/mol. The third kappa shape index (κ3) is 4.34. The molecule has 2 heterocycles. The number of nitrogens with one attached hydrogen (secondary N) is 1. The van der Waals surface area contributed by atoms with Gasteiger partial charge in [-0.3, -0.25) is 9.59 Å². The van der Waals surface area contributed by atoms with Crippen molar-refractivity contribution >= 4 is 27.7 Å². The van der Waals surface area contributed by atoms with E-state index in [4.69, 9.17) is 4.74 Å². The maximum absolute atomic E-state index is 12.7. The highest BCUT2D eigenvalue weighted by Crippen LogP contribution is 2.16. The van der Waals surface area contributed by atoms with Crippen LogP contribution in [0.4, 0.5) is 0 Å². The third-order valence-electron chi connectivity index (χ3n) is 4.39. The molecule has 0 aromatic heterocycles. The van der Waals surface area contributed by atoms with Crippen molar-refractivity contribution in [2.75, 3.05) is 39.4 Å². The number of amides is 2. The first-order valence-corrected chi connectivity index (χ1v) is 9.05. The Morgan fingerprint density at radius 1 is 1.29 bits per heavy atom. The largest absolute Gasteiger partial charge is 0.378 e. The van der Waals surface area contributed by atoms with Crippen molar-refractivity contribution in [1.82, 2.24) is 15.1 Å². The second-order valence-electron chi connectivity index (χ2n) is 6.09. The predicted octanol–water partition coefficient (Wildman–Crippen LogP) is 0.998. The molecule has 1 aromatic carbocycles. The zero-order valence-electron chi connectivity index (χ0n) is 13.5. The third-order valence-corrected chi connectivity index (χ3v) is 4.88. The molecule has 0 spiro atoms. The Balaban J connectivity index is 1.59. The minimum absolute atomic E-state index is 0.00262. The molecule has 2 aliphatic heterocycles. The van der Waals surface area contributed by atoms with Crippen molar-refractivity contribution in [2.24, 2.45) is 0 Å². The molecule has 1 unspecified atom stereocenters. The fourth-order valence-electron chi connectivity index (χ4n) is 3.08. The average molecular weight is 396 g/mol. The lowest BCUT2D eigenvalue weighted by Crippen LogP contribution is -2.56. The van der Waals surface area contributed by atoms with Crippen LogP contribution >= 0.6 is 15.9 Å². The molecule has 1 N–H and O–H groups in total. The maximum atomic E-state index is 12.7. The van der Waals surface area contributed by atoms with E-state index in [2.05, 4.69) is 21.2 Å². The lowest BCUT2D eigenvalue weighted by molar-refractivity contribution is -0.143. The summed E-state index contributed by atoms with van der Waals surface area (Å²) in [4.78, 5) is 28.7. The summed E-state index contributed by atoms with van der Waals surface area (Å²) in [5.41, 5.74) is 1.08. The van der Waals surface area contributed by atoms with E-state index in [0.29, 0.717) is 45.9 Å². The van der Waals surface area contributed by atoms with Crippen LogP contribution < -0.4 is 5.32 Å². The van der Waals surface area contributed by atoms with Crippen LogP contribution in [0.5, 0.6) is 0 Å². The van der Waals surface area contributed by atoms with Crippen molar-refractivity contribution in [1.29, 1.82) is 0 Å². The van der Waals surface area contributed by atoms with Gasteiger partial charge in [-0.2, -0.15) is 0 Å². The molecule has 2 aliphatic rings. The van der Waals surface area contributed by atoms with Gasteiger partial charge in [0.1, 0.15) is 0 Å². The molecule has 0 radical (unpaired) electrons. The number of carbonyl (C=O) groups is 2. The number of hydrogen-bond donors (Lipinski definition) is 1. The normalized spacial score (nSPS) is 21.9. The summed E-state index contributed by atoms with van der Waals surface area (Å²) in [6.07, 6.45) is 0.216. The van der Waals surface area contributed by atoms with Crippen LogP contribution in [0.1, 0.15) is 12.0 Å². The zero-order valence-corrected chi connectivity index (χ0v) is 15.1. The number of morpholine rings is 1. The number of hydrogen-bond acceptors (Lipinski definition) is 4. The summed E-state index contributed by atoms with van der Waals surface area (Å²) in [7, 11) is 0. The molecular formula is C17H22BrN3O3. The molecule has 0 bridgehead atoms. The minimum atomic E-state index is -0.429. The molecule has 130 valence electrons. The molecule has 6 nitrogen and oxygen atoms in total. The summed E-state index contributed by atoms with van der Waals surface area (Å²) >= 11 is 3.45. The number of halogens is 1. The quantitative estimate of drug-likeness (QED) is 0.825. The second-order valence-corrected chi connectivity index (χ2v) is 7.01. The average Bonchev–Trinajstić information content (AvgIpc) is 2.59. The smallest absolute Gasteiger partial charge is 0.240 e. The van der Waals surface area contributed by atoms with Gasteiger partial charge in [0, 0.05) is 37.2 Å². The van der Waals surface area contributed by atoms with Crippen LogP contribution in [0.2, 0.25) is 0 Å². The summed E-state index contributed by atoms with van der Waals surface area (Å²) in [6.45, 7) is 4.32. The first kappa shape index (κ1) is 17.4. The summed E-state index contributed by atoms with van der Waals surface area (Å²) in [6, 6.07) is 7.52. The Morgan fingerprint density at radius 2 is 2.08 bits per heavy atom. The number of benzene rings is 1. The van der Waals surface area contributed by atoms with Crippen LogP contribution in [0.15, 0.2) is 28.7 Å². The van der Waals surface area contributed by atoms with E-state index in [-0.39, 0.29) is 18.2 Å². The fourth-order valence-corrected chi connectivity index (χ4v) is 3.53. The molecule has 2 saturated heterocycles. The topological polar surface area (TPSA) is 61.9 Å². The highest BCUT2D eigenvalue weighted by Gasteiger charge is 2.31. The Bertz CT molecular complexity index is 604. The molecule has 3 rings (SSSR count). The molecule has 2 amide bonds. The van der Waals surface area contributed by atoms with Gasteiger partial charge in [-0.25, -0.2) is 0 Å². The van der Waals surface area contributed by atoms with E-state index >= 15 is 0 Å². The van der Waals surface area contributed by atoms with Crippen LogP contribution in [0.25, 0.3) is 0 Å². The first-order valence-electron chi connectivity index (χ1n) is 8.25.